The van der Waals surface area contributed by atoms with Crippen LogP contribution in [0.5, 0.6) is 0 Å². The zero-order valence-electron chi connectivity index (χ0n) is 10.2. The Morgan fingerprint density at radius 3 is 2.83 bits per heavy atom. The van der Waals surface area contributed by atoms with Crippen molar-refractivity contribution in [2.45, 2.75) is 13.3 Å². The average Bonchev–Trinajstić information content (AvgIpc) is 2.65. The third-order valence-electron chi connectivity index (χ3n) is 3.33. The Morgan fingerprint density at radius 1 is 1.28 bits per heavy atom. The van der Waals surface area contributed by atoms with Crippen LogP contribution in [0.15, 0.2) is 24.3 Å². The molecule has 2 N–H and O–H groups in total. The van der Waals surface area contributed by atoms with E-state index >= 15 is 0 Å². The van der Waals surface area contributed by atoms with Crippen LogP contribution in [0.3, 0.4) is 0 Å². The van der Waals surface area contributed by atoms with Gasteiger partial charge in [0, 0.05) is 33.7 Å². The molecule has 0 spiro atoms. The molecule has 1 aromatic carbocycles. The van der Waals surface area contributed by atoms with Crippen molar-refractivity contribution in [2.24, 2.45) is 0 Å². The van der Waals surface area contributed by atoms with Crippen LogP contribution in [0.4, 0.5) is 0 Å². The number of halogens is 2. The lowest BCUT2D eigenvalue weighted by Gasteiger charge is -2.14. The molecule has 0 atom stereocenters. The van der Waals surface area contributed by atoms with E-state index in [-0.39, 0.29) is 12.4 Å². The highest BCUT2D eigenvalue weighted by molar-refractivity contribution is 6.31. The molecule has 2 heterocycles. The molecule has 0 saturated carbocycles. The van der Waals surface area contributed by atoms with Crippen molar-refractivity contribution < 1.29 is 0 Å². The molecule has 3 rings (SSSR count). The molecule has 96 valence electrons. The summed E-state index contributed by atoms with van der Waals surface area (Å²) in [5.41, 5.74) is 5.16. The second-order valence-electron chi connectivity index (χ2n) is 4.50. The van der Waals surface area contributed by atoms with Crippen molar-refractivity contribution in [1.82, 2.24) is 10.3 Å². The summed E-state index contributed by atoms with van der Waals surface area (Å²) in [6, 6.07) is 6.04. The molecule has 1 aliphatic heterocycles. The second-order valence-corrected chi connectivity index (χ2v) is 4.93. The summed E-state index contributed by atoms with van der Waals surface area (Å²) in [7, 11) is 0. The highest BCUT2D eigenvalue weighted by Gasteiger charge is 2.14. The van der Waals surface area contributed by atoms with E-state index in [9.17, 15) is 0 Å². The van der Waals surface area contributed by atoms with Crippen molar-refractivity contribution in [3.05, 3.63) is 40.6 Å². The van der Waals surface area contributed by atoms with Crippen LogP contribution in [0.25, 0.3) is 16.5 Å². The zero-order chi connectivity index (χ0) is 11.8. The van der Waals surface area contributed by atoms with Gasteiger partial charge in [0.1, 0.15) is 0 Å². The number of aromatic amines is 1. The minimum absolute atomic E-state index is 0. The highest BCUT2D eigenvalue weighted by Crippen LogP contribution is 2.32. The van der Waals surface area contributed by atoms with E-state index in [2.05, 4.69) is 35.4 Å². The standard InChI is InChI=1S/C14H15ClN2.ClH/c1-9-14(10-4-6-16-7-5-10)12-8-11(15)2-3-13(12)17-9;/h2-4,8,16-17H,5-7H2,1H3;1H. The molecule has 1 aliphatic rings. The van der Waals surface area contributed by atoms with Gasteiger partial charge < -0.3 is 10.3 Å². The number of benzene rings is 1. The van der Waals surface area contributed by atoms with Crippen molar-refractivity contribution in [3.8, 4) is 0 Å². The molecule has 0 amide bonds. The van der Waals surface area contributed by atoms with Crippen LogP contribution in [0.1, 0.15) is 17.7 Å². The van der Waals surface area contributed by atoms with E-state index in [1.54, 1.807) is 0 Å². The molecule has 0 fully saturated rings. The quantitative estimate of drug-likeness (QED) is 0.815. The van der Waals surface area contributed by atoms with Crippen molar-refractivity contribution in [2.75, 3.05) is 13.1 Å². The fourth-order valence-electron chi connectivity index (χ4n) is 2.56. The van der Waals surface area contributed by atoms with Gasteiger partial charge in [-0.1, -0.05) is 17.7 Å². The zero-order valence-corrected chi connectivity index (χ0v) is 11.8. The number of H-pyrrole nitrogens is 1. The van der Waals surface area contributed by atoms with E-state index < -0.39 is 0 Å². The van der Waals surface area contributed by atoms with Crippen LogP contribution in [-0.4, -0.2) is 18.1 Å². The molecule has 0 aliphatic carbocycles. The first-order valence-corrected chi connectivity index (χ1v) is 6.31. The molecule has 0 radical (unpaired) electrons. The van der Waals surface area contributed by atoms with E-state index in [4.69, 9.17) is 11.6 Å². The third kappa shape index (κ3) is 2.28. The number of hydrogen-bond acceptors (Lipinski definition) is 1. The number of aryl methyl sites for hydroxylation is 1. The first-order chi connectivity index (χ1) is 8.25. The molecular formula is C14H16Cl2N2. The van der Waals surface area contributed by atoms with Crippen LogP contribution < -0.4 is 5.32 Å². The van der Waals surface area contributed by atoms with E-state index in [1.165, 1.54) is 27.7 Å². The van der Waals surface area contributed by atoms with Gasteiger partial charge >= 0.3 is 0 Å². The largest absolute Gasteiger partial charge is 0.358 e. The first kappa shape index (κ1) is 13.5. The van der Waals surface area contributed by atoms with Gasteiger partial charge in [-0.2, -0.15) is 0 Å². The van der Waals surface area contributed by atoms with Crippen LogP contribution in [0.2, 0.25) is 5.02 Å². The smallest absolute Gasteiger partial charge is 0.0463 e. The Balaban J connectivity index is 0.00000120. The van der Waals surface area contributed by atoms with Gasteiger partial charge in [-0.3, -0.25) is 0 Å². The molecule has 2 aromatic rings. The average molecular weight is 283 g/mol. The fraction of sp³-hybridized carbons (Fsp3) is 0.286. The summed E-state index contributed by atoms with van der Waals surface area (Å²) in [5, 5.41) is 5.38. The van der Waals surface area contributed by atoms with Gasteiger partial charge in [0.25, 0.3) is 0 Å². The Kier molecular flexibility index (Phi) is 4.00. The lowest BCUT2D eigenvalue weighted by molar-refractivity contribution is 0.738. The van der Waals surface area contributed by atoms with Gasteiger partial charge in [-0.05, 0) is 43.7 Å². The molecular weight excluding hydrogens is 267 g/mol. The normalized spacial score (nSPS) is 15.3. The minimum Gasteiger partial charge on any atom is -0.358 e. The second kappa shape index (κ2) is 5.35. The number of nitrogens with one attached hydrogen (secondary N) is 2. The maximum absolute atomic E-state index is 6.09. The van der Waals surface area contributed by atoms with Crippen molar-refractivity contribution in [1.29, 1.82) is 0 Å². The van der Waals surface area contributed by atoms with Crippen molar-refractivity contribution >= 4 is 40.5 Å². The summed E-state index contributed by atoms with van der Waals surface area (Å²) in [6.07, 6.45) is 3.36. The van der Waals surface area contributed by atoms with Gasteiger partial charge in [-0.25, -0.2) is 0 Å². The van der Waals surface area contributed by atoms with E-state index in [0.29, 0.717) is 0 Å². The Morgan fingerprint density at radius 2 is 2.11 bits per heavy atom. The van der Waals surface area contributed by atoms with Gasteiger partial charge in [0.05, 0.1) is 0 Å². The van der Waals surface area contributed by atoms with E-state index in [1.807, 2.05) is 6.07 Å². The summed E-state index contributed by atoms with van der Waals surface area (Å²) in [5.74, 6) is 0. The molecule has 18 heavy (non-hydrogen) atoms. The fourth-order valence-corrected chi connectivity index (χ4v) is 2.73. The number of aromatic nitrogens is 1. The summed E-state index contributed by atoms with van der Waals surface area (Å²) in [4.78, 5) is 3.43. The predicted octanol–water partition coefficient (Wildman–Crippen LogP) is 3.93. The lowest BCUT2D eigenvalue weighted by atomic mass is 9.97. The number of hydrogen-bond donors (Lipinski definition) is 2. The maximum atomic E-state index is 6.09. The number of rotatable bonds is 1. The molecule has 0 unspecified atom stereocenters. The summed E-state index contributed by atoms with van der Waals surface area (Å²) < 4.78 is 0. The molecule has 0 saturated heterocycles. The van der Waals surface area contributed by atoms with Gasteiger partial charge in [0.15, 0.2) is 0 Å². The van der Waals surface area contributed by atoms with Crippen LogP contribution in [0, 0.1) is 6.92 Å². The molecule has 2 nitrogen and oxygen atoms in total. The van der Waals surface area contributed by atoms with E-state index in [0.717, 1.165) is 24.5 Å². The SMILES string of the molecule is Cc1[nH]c2ccc(Cl)cc2c1C1=CCNCC1.Cl. The van der Waals surface area contributed by atoms with Crippen LogP contribution in [-0.2, 0) is 0 Å². The van der Waals surface area contributed by atoms with Gasteiger partial charge in [0.2, 0.25) is 0 Å². The van der Waals surface area contributed by atoms with Gasteiger partial charge in [-0.15, -0.1) is 12.4 Å². The molecule has 0 bridgehead atoms. The first-order valence-electron chi connectivity index (χ1n) is 5.93. The molecule has 1 aromatic heterocycles. The topological polar surface area (TPSA) is 27.8 Å². The Bertz CT molecular complexity index is 599. The lowest BCUT2D eigenvalue weighted by Crippen LogP contribution is -2.20. The highest BCUT2D eigenvalue weighted by atomic mass is 35.5. The summed E-state index contributed by atoms with van der Waals surface area (Å²) in [6.45, 7) is 4.15. The monoisotopic (exact) mass is 282 g/mol. The van der Waals surface area contributed by atoms with Crippen molar-refractivity contribution in [3.63, 3.8) is 0 Å². The Labute approximate surface area is 118 Å². The number of fused-ring (bicyclic) bond motifs is 1. The maximum Gasteiger partial charge on any atom is 0.0463 e. The summed E-state index contributed by atoms with van der Waals surface area (Å²) >= 11 is 6.09. The predicted molar refractivity (Wildman–Crippen MR) is 80.8 cm³/mol. The Hall–Kier alpha value is -0.960. The third-order valence-corrected chi connectivity index (χ3v) is 3.57. The minimum atomic E-state index is 0. The van der Waals surface area contributed by atoms with Crippen LogP contribution >= 0.6 is 24.0 Å². The molecule has 4 heteroatoms.